The zero-order chi connectivity index (χ0) is 23.3. The molecule has 4 rings (SSSR count). The number of nitrogens with zero attached hydrogens (tertiary/aromatic N) is 5. The first kappa shape index (κ1) is 22.2. The lowest BCUT2D eigenvalue weighted by molar-refractivity contribution is -0.146. The number of hydrogen-bond acceptors (Lipinski definition) is 6. The summed E-state index contributed by atoms with van der Waals surface area (Å²) in [6, 6.07) is 8.21. The maximum Gasteiger partial charge on any atom is 0.449 e. The highest BCUT2D eigenvalue weighted by Gasteiger charge is 2.37. The van der Waals surface area contributed by atoms with E-state index >= 15 is 0 Å². The van der Waals surface area contributed by atoms with Crippen molar-refractivity contribution in [2.45, 2.75) is 18.0 Å². The van der Waals surface area contributed by atoms with Gasteiger partial charge in [0, 0.05) is 23.8 Å². The lowest BCUT2D eigenvalue weighted by atomic mass is 10.1. The van der Waals surface area contributed by atoms with Gasteiger partial charge in [-0.25, -0.2) is 23.4 Å². The highest BCUT2D eigenvalue weighted by molar-refractivity contribution is 7.91. The van der Waals surface area contributed by atoms with Crippen LogP contribution in [-0.2, 0) is 23.1 Å². The molecule has 0 amide bonds. The zero-order valence-electron chi connectivity index (χ0n) is 16.7. The minimum absolute atomic E-state index is 0.0544. The van der Waals surface area contributed by atoms with E-state index in [0.717, 1.165) is 10.8 Å². The van der Waals surface area contributed by atoms with E-state index < -0.39 is 21.8 Å². The van der Waals surface area contributed by atoms with Crippen molar-refractivity contribution in [3.63, 3.8) is 0 Å². The molecule has 0 unspecified atom stereocenters. The Labute approximate surface area is 185 Å². The van der Waals surface area contributed by atoms with Crippen LogP contribution >= 0.6 is 11.6 Å². The normalized spacial score (nSPS) is 12.4. The Morgan fingerprint density at radius 2 is 1.72 bits per heavy atom. The van der Waals surface area contributed by atoms with E-state index in [2.05, 4.69) is 19.9 Å². The van der Waals surface area contributed by atoms with Gasteiger partial charge in [-0.2, -0.15) is 13.2 Å². The van der Waals surface area contributed by atoms with Gasteiger partial charge in [0.2, 0.25) is 5.82 Å². The molecule has 32 heavy (non-hydrogen) atoms. The van der Waals surface area contributed by atoms with Crippen LogP contribution in [0.25, 0.3) is 33.8 Å². The second kappa shape index (κ2) is 7.82. The molecule has 0 bridgehead atoms. The van der Waals surface area contributed by atoms with Gasteiger partial charge in [0.05, 0.1) is 16.8 Å². The first-order valence-corrected chi connectivity index (χ1v) is 11.3. The number of hydrogen-bond donors (Lipinski definition) is 0. The number of imidazole rings is 1. The summed E-state index contributed by atoms with van der Waals surface area (Å²) in [6.45, 7) is 1.48. The van der Waals surface area contributed by atoms with E-state index in [4.69, 9.17) is 11.6 Å². The fraction of sp³-hybridized carbons (Fsp3) is 0.200. The fourth-order valence-corrected chi connectivity index (χ4v) is 4.34. The molecule has 0 aliphatic carbocycles. The molecule has 0 saturated heterocycles. The van der Waals surface area contributed by atoms with E-state index in [1.807, 2.05) is 0 Å². The lowest BCUT2D eigenvalue weighted by Gasteiger charge is -2.11. The maximum absolute atomic E-state index is 13.2. The second-order valence-electron chi connectivity index (χ2n) is 6.88. The van der Waals surface area contributed by atoms with Gasteiger partial charge in [-0.1, -0.05) is 30.7 Å². The number of fused-ring (bicyclic) bond motifs is 1. The van der Waals surface area contributed by atoms with Crippen LogP contribution in [0.4, 0.5) is 13.2 Å². The van der Waals surface area contributed by atoms with Crippen LogP contribution in [0.15, 0.2) is 47.6 Å². The number of sulfone groups is 1. The summed E-state index contributed by atoms with van der Waals surface area (Å²) in [5.74, 6) is -1.46. The quantitative estimate of drug-likeness (QED) is 0.424. The van der Waals surface area contributed by atoms with Crippen molar-refractivity contribution in [2.24, 2.45) is 7.05 Å². The average molecular weight is 482 g/mol. The second-order valence-corrected chi connectivity index (χ2v) is 9.56. The van der Waals surface area contributed by atoms with Gasteiger partial charge in [0.15, 0.2) is 21.3 Å². The van der Waals surface area contributed by atoms with Crippen LogP contribution in [0.2, 0.25) is 5.02 Å². The van der Waals surface area contributed by atoms with E-state index in [1.54, 1.807) is 24.3 Å². The van der Waals surface area contributed by atoms with Crippen molar-refractivity contribution >= 4 is 32.6 Å². The molecule has 3 aromatic heterocycles. The number of rotatable bonds is 4. The largest absolute Gasteiger partial charge is 0.449 e. The van der Waals surface area contributed by atoms with Crippen LogP contribution in [0.5, 0.6) is 0 Å². The van der Waals surface area contributed by atoms with E-state index in [0.29, 0.717) is 16.1 Å². The summed E-state index contributed by atoms with van der Waals surface area (Å²) in [5.41, 5.74) is 1.01. The summed E-state index contributed by atoms with van der Waals surface area (Å²) in [7, 11) is -2.59. The molecule has 0 atom stereocenters. The van der Waals surface area contributed by atoms with Crippen molar-refractivity contribution < 1.29 is 21.6 Å². The number of aryl methyl sites for hydroxylation is 1. The molecule has 7 nitrogen and oxygen atoms in total. The van der Waals surface area contributed by atoms with Crippen molar-refractivity contribution in [1.29, 1.82) is 0 Å². The monoisotopic (exact) mass is 481 g/mol. The summed E-state index contributed by atoms with van der Waals surface area (Å²) < 4.78 is 65.9. The Morgan fingerprint density at radius 1 is 1.03 bits per heavy atom. The summed E-state index contributed by atoms with van der Waals surface area (Å²) in [5, 5.41) is 0.524. The van der Waals surface area contributed by atoms with E-state index in [9.17, 15) is 21.6 Å². The molecule has 0 radical (unpaired) electrons. The number of benzene rings is 1. The first-order valence-electron chi connectivity index (χ1n) is 9.27. The molecule has 166 valence electrons. The number of aromatic nitrogens is 5. The highest BCUT2D eigenvalue weighted by atomic mass is 35.5. The molecule has 0 N–H and O–H groups in total. The Morgan fingerprint density at radius 3 is 2.34 bits per heavy atom. The molecule has 0 aliphatic heterocycles. The molecule has 0 aliphatic rings. The van der Waals surface area contributed by atoms with Gasteiger partial charge in [0.1, 0.15) is 11.2 Å². The van der Waals surface area contributed by atoms with Crippen molar-refractivity contribution in [3.8, 4) is 22.6 Å². The third kappa shape index (κ3) is 3.93. The van der Waals surface area contributed by atoms with Crippen LogP contribution < -0.4 is 0 Å². The van der Waals surface area contributed by atoms with Gasteiger partial charge in [0.25, 0.3) is 0 Å². The first-order chi connectivity index (χ1) is 15.0. The minimum atomic E-state index is -4.68. The molecule has 0 fully saturated rings. The molecule has 3 heterocycles. The van der Waals surface area contributed by atoms with Crippen molar-refractivity contribution in [2.75, 3.05) is 5.75 Å². The van der Waals surface area contributed by atoms with E-state index in [-0.39, 0.29) is 33.3 Å². The Kier molecular flexibility index (Phi) is 5.41. The molecule has 0 spiro atoms. The SMILES string of the molecule is CCS(=O)(=O)c1cc(-c2ccc(Cl)cc2)cnc1-c1ncc2nc(C(F)(F)F)n(C)c2n1. The summed E-state index contributed by atoms with van der Waals surface area (Å²) in [4.78, 5) is 15.9. The van der Waals surface area contributed by atoms with Crippen molar-refractivity contribution in [3.05, 3.63) is 53.6 Å². The topological polar surface area (TPSA) is 90.6 Å². The molecule has 12 heteroatoms. The zero-order valence-corrected chi connectivity index (χ0v) is 18.3. The maximum atomic E-state index is 13.2. The summed E-state index contributed by atoms with van der Waals surface area (Å²) >= 11 is 5.92. The molecule has 4 aromatic rings. The fourth-order valence-electron chi connectivity index (χ4n) is 3.15. The highest BCUT2D eigenvalue weighted by Crippen LogP contribution is 2.32. The molecule has 0 saturated carbocycles. The minimum Gasteiger partial charge on any atom is -0.308 e. The van der Waals surface area contributed by atoms with Crippen LogP contribution in [0.1, 0.15) is 12.7 Å². The number of alkyl halides is 3. The third-order valence-corrected chi connectivity index (χ3v) is 6.82. The Bertz CT molecular complexity index is 1430. The van der Waals surface area contributed by atoms with Gasteiger partial charge >= 0.3 is 6.18 Å². The standard InChI is InChI=1S/C20H15ClF3N5O2S/c1-3-32(30,31)15-8-12(11-4-6-13(21)7-5-11)9-25-16(15)17-26-10-14-18(28-17)29(2)19(27-14)20(22,23)24/h4-10H,3H2,1-2H3. The van der Waals surface area contributed by atoms with Gasteiger partial charge in [-0.15, -0.1) is 0 Å². The summed E-state index contributed by atoms with van der Waals surface area (Å²) in [6.07, 6.45) is -2.11. The Hall–Kier alpha value is -3.05. The Balaban J connectivity index is 1.92. The lowest BCUT2D eigenvalue weighted by Crippen LogP contribution is -2.12. The smallest absolute Gasteiger partial charge is 0.308 e. The van der Waals surface area contributed by atoms with Crippen LogP contribution in [0, 0.1) is 0 Å². The molecular weight excluding hydrogens is 467 g/mol. The van der Waals surface area contributed by atoms with Gasteiger partial charge in [-0.05, 0) is 23.8 Å². The van der Waals surface area contributed by atoms with E-state index in [1.165, 1.54) is 26.2 Å². The predicted molar refractivity (Wildman–Crippen MR) is 113 cm³/mol. The van der Waals surface area contributed by atoms with Crippen LogP contribution in [-0.4, -0.2) is 38.7 Å². The average Bonchev–Trinajstić information content (AvgIpc) is 3.10. The van der Waals surface area contributed by atoms with Gasteiger partial charge < -0.3 is 4.57 Å². The number of pyridine rings is 1. The van der Waals surface area contributed by atoms with Crippen LogP contribution in [0.3, 0.4) is 0 Å². The van der Waals surface area contributed by atoms with Crippen molar-refractivity contribution in [1.82, 2.24) is 24.5 Å². The van der Waals surface area contributed by atoms with Gasteiger partial charge in [-0.3, -0.25) is 4.98 Å². The molecular formula is C20H15ClF3N5O2S. The number of halogens is 4. The third-order valence-electron chi connectivity index (χ3n) is 4.82. The predicted octanol–water partition coefficient (Wildman–Crippen LogP) is 4.56. The molecule has 1 aromatic carbocycles.